The minimum absolute atomic E-state index is 0.374. The third-order valence-electron chi connectivity index (χ3n) is 2.95. The summed E-state index contributed by atoms with van der Waals surface area (Å²) in [6, 6.07) is -0.374. The van der Waals surface area contributed by atoms with E-state index < -0.39 is 22.0 Å². The zero-order chi connectivity index (χ0) is 11.8. The second kappa shape index (κ2) is 4.23. The van der Waals surface area contributed by atoms with Crippen LogP contribution in [0.15, 0.2) is 0 Å². The molecule has 0 aromatic heterocycles. The average molecular weight is 251 g/mol. The summed E-state index contributed by atoms with van der Waals surface area (Å²) < 4.78 is 38.0. The van der Waals surface area contributed by atoms with Gasteiger partial charge in [0.25, 0.3) is 10.1 Å². The van der Waals surface area contributed by atoms with E-state index in [0.717, 1.165) is 6.26 Å². The van der Waals surface area contributed by atoms with Crippen molar-refractivity contribution in [1.29, 1.82) is 0 Å². The van der Waals surface area contributed by atoms with Gasteiger partial charge < -0.3 is 15.2 Å². The van der Waals surface area contributed by atoms with Crippen molar-refractivity contribution in [1.82, 2.24) is 0 Å². The molecule has 1 aliphatic carbocycles. The van der Waals surface area contributed by atoms with Gasteiger partial charge in [-0.3, -0.25) is 4.18 Å². The monoisotopic (exact) mass is 251 g/mol. The largest absolute Gasteiger partial charge is 0.347 e. The van der Waals surface area contributed by atoms with E-state index in [-0.39, 0.29) is 6.04 Å². The highest BCUT2D eigenvalue weighted by Crippen LogP contribution is 2.36. The van der Waals surface area contributed by atoms with Gasteiger partial charge in [0.1, 0.15) is 0 Å². The topological polar surface area (TPSA) is 87.9 Å². The molecule has 2 N–H and O–H groups in total. The standard InChI is InChI=1S/C9H17NO5S/c1-16(11,12)15-8-2-3-9(6-7(8)10)13-4-5-14-9/h7-8H,2-6,10H2,1H3/t7-,8-/m1/s1. The van der Waals surface area contributed by atoms with Gasteiger partial charge in [-0.15, -0.1) is 0 Å². The van der Waals surface area contributed by atoms with Gasteiger partial charge in [0.2, 0.25) is 0 Å². The maximum absolute atomic E-state index is 11.0. The quantitative estimate of drug-likeness (QED) is 0.671. The highest BCUT2D eigenvalue weighted by molar-refractivity contribution is 7.86. The molecule has 6 nitrogen and oxygen atoms in total. The van der Waals surface area contributed by atoms with Gasteiger partial charge >= 0.3 is 0 Å². The first-order chi connectivity index (χ1) is 7.40. The van der Waals surface area contributed by atoms with Gasteiger partial charge in [-0.2, -0.15) is 8.42 Å². The zero-order valence-electron chi connectivity index (χ0n) is 9.22. The first-order valence-corrected chi connectivity index (χ1v) is 7.14. The minimum Gasteiger partial charge on any atom is -0.347 e. The normalized spacial score (nSPS) is 34.4. The van der Waals surface area contributed by atoms with Crippen LogP contribution in [0.2, 0.25) is 0 Å². The lowest BCUT2D eigenvalue weighted by Crippen LogP contribution is -2.50. The van der Waals surface area contributed by atoms with Crippen LogP contribution in [0.4, 0.5) is 0 Å². The summed E-state index contributed by atoms with van der Waals surface area (Å²) in [6.07, 6.45) is 2.21. The summed E-state index contributed by atoms with van der Waals surface area (Å²) in [5.74, 6) is -0.600. The molecule has 1 saturated carbocycles. The zero-order valence-corrected chi connectivity index (χ0v) is 10.0. The Labute approximate surface area is 95.2 Å². The second-order valence-electron chi connectivity index (χ2n) is 4.35. The van der Waals surface area contributed by atoms with E-state index in [4.69, 9.17) is 19.4 Å². The molecule has 2 aliphatic rings. The molecule has 1 saturated heterocycles. The van der Waals surface area contributed by atoms with E-state index in [1.807, 2.05) is 0 Å². The van der Waals surface area contributed by atoms with Crippen molar-refractivity contribution < 1.29 is 22.1 Å². The molecular formula is C9H17NO5S. The molecule has 1 aliphatic heterocycles. The van der Waals surface area contributed by atoms with Gasteiger partial charge in [0.15, 0.2) is 5.79 Å². The van der Waals surface area contributed by atoms with Crippen LogP contribution in [0.3, 0.4) is 0 Å². The van der Waals surface area contributed by atoms with Gasteiger partial charge in [-0.05, 0) is 6.42 Å². The Bertz CT molecular complexity index is 349. The highest BCUT2D eigenvalue weighted by atomic mass is 32.2. The Morgan fingerprint density at radius 3 is 2.50 bits per heavy atom. The Balaban J connectivity index is 1.97. The van der Waals surface area contributed by atoms with Crippen molar-refractivity contribution in [2.75, 3.05) is 19.5 Å². The fourth-order valence-electron chi connectivity index (χ4n) is 2.27. The Hall–Kier alpha value is -0.210. The molecule has 16 heavy (non-hydrogen) atoms. The Morgan fingerprint density at radius 1 is 1.38 bits per heavy atom. The van der Waals surface area contributed by atoms with Gasteiger partial charge in [0, 0.05) is 18.9 Å². The summed E-state index contributed by atoms with van der Waals surface area (Å²) in [4.78, 5) is 0. The lowest BCUT2D eigenvalue weighted by Gasteiger charge is -2.38. The lowest BCUT2D eigenvalue weighted by atomic mass is 9.88. The van der Waals surface area contributed by atoms with Crippen molar-refractivity contribution in [3.05, 3.63) is 0 Å². The molecule has 0 unspecified atom stereocenters. The van der Waals surface area contributed by atoms with Crippen LogP contribution in [-0.4, -0.2) is 45.8 Å². The van der Waals surface area contributed by atoms with Crippen molar-refractivity contribution in [2.24, 2.45) is 5.73 Å². The molecular weight excluding hydrogens is 234 g/mol. The van der Waals surface area contributed by atoms with E-state index in [9.17, 15) is 8.42 Å². The maximum atomic E-state index is 11.0. The van der Waals surface area contributed by atoms with E-state index in [1.54, 1.807) is 0 Å². The Kier molecular flexibility index (Phi) is 3.24. The summed E-state index contributed by atoms with van der Waals surface area (Å²) in [7, 11) is -3.45. The smallest absolute Gasteiger partial charge is 0.264 e. The van der Waals surface area contributed by atoms with Crippen LogP contribution in [0, 0.1) is 0 Å². The molecule has 94 valence electrons. The van der Waals surface area contributed by atoms with Crippen LogP contribution < -0.4 is 5.73 Å². The number of hydrogen-bond donors (Lipinski definition) is 1. The van der Waals surface area contributed by atoms with Crippen molar-refractivity contribution in [2.45, 2.75) is 37.2 Å². The number of hydrogen-bond acceptors (Lipinski definition) is 6. The molecule has 1 heterocycles. The van der Waals surface area contributed by atoms with E-state index in [2.05, 4.69) is 0 Å². The summed E-state index contributed by atoms with van der Waals surface area (Å²) in [5, 5.41) is 0. The van der Waals surface area contributed by atoms with Gasteiger partial charge in [-0.1, -0.05) is 0 Å². The summed E-state index contributed by atoms with van der Waals surface area (Å²) >= 11 is 0. The van der Waals surface area contributed by atoms with Gasteiger partial charge in [-0.25, -0.2) is 0 Å². The molecule has 0 bridgehead atoms. The van der Waals surface area contributed by atoms with Crippen LogP contribution in [-0.2, 0) is 23.8 Å². The number of nitrogens with two attached hydrogens (primary N) is 1. The van der Waals surface area contributed by atoms with Crippen LogP contribution >= 0.6 is 0 Å². The molecule has 0 amide bonds. The van der Waals surface area contributed by atoms with E-state index in [1.165, 1.54) is 0 Å². The molecule has 2 atom stereocenters. The minimum atomic E-state index is -3.45. The van der Waals surface area contributed by atoms with Crippen LogP contribution in [0.25, 0.3) is 0 Å². The highest BCUT2D eigenvalue weighted by Gasteiger charge is 2.45. The molecule has 2 fully saturated rings. The van der Waals surface area contributed by atoms with Crippen molar-refractivity contribution >= 4 is 10.1 Å². The molecule has 1 spiro atoms. The number of rotatable bonds is 2. The predicted octanol–water partition coefficient (Wildman–Crippen LogP) is -0.414. The maximum Gasteiger partial charge on any atom is 0.264 e. The number of ether oxygens (including phenoxy) is 2. The SMILES string of the molecule is CS(=O)(=O)O[C@@H]1CCC2(C[C@H]1N)OCCO2. The summed E-state index contributed by atoms with van der Waals surface area (Å²) in [5.41, 5.74) is 5.89. The first-order valence-electron chi connectivity index (χ1n) is 5.32. The third kappa shape index (κ3) is 2.72. The lowest BCUT2D eigenvalue weighted by molar-refractivity contribution is -0.189. The molecule has 7 heteroatoms. The molecule has 0 aromatic carbocycles. The molecule has 0 aromatic rings. The predicted molar refractivity (Wildman–Crippen MR) is 56.2 cm³/mol. The van der Waals surface area contributed by atoms with E-state index >= 15 is 0 Å². The fraction of sp³-hybridized carbons (Fsp3) is 1.00. The van der Waals surface area contributed by atoms with Crippen molar-refractivity contribution in [3.8, 4) is 0 Å². The fourth-order valence-corrected chi connectivity index (χ4v) is 2.96. The van der Waals surface area contributed by atoms with Crippen LogP contribution in [0.1, 0.15) is 19.3 Å². The molecule has 2 rings (SSSR count). The van der Waals surface area contributed by atoms with Crippen molar-refractivity contribution in [3.63, 3.8) is 0 Å². The average Bonchev–Trinajstić information content (AvgIpc) is 2.57. The first kappa shape index (κ1) is 12.3. The van der Waals surface area contributed by atoms with Gasteiger partial charge in [0.05, 0.1) is 25.6 Å². The van der Waals surface area contributed by atoms with E-state index in [0.29, 0.717) is 32.5 Å². The molecule has 0 radical (unpaired) electrons. The summed E-state index contributed by atoms with van der Waals surface area (Å²) in [6.45, 7) is 1.15. The third-order valence-corrected chi connectivity index (χ3v) is 3.54. The van der Waals surface area contributed by atoms with Crippen LogP contribution in [0.5, 0.6) is 0 Å². The Morgan fingerprint density at radius 2 is 2.00 bits per heavy atom. The second-order valence-corrected chi connectivity index (χ2v) is 5.95.